The molecule has 188 valence electrons. The summed E-state index contributed by atoms with van der Waals surface area (Å²) in [5.74, 6) is 0. The first-order chi connectivity index (χ1) is 14.9. The van der Waals surface area contributed by atoms with Crippen LogP contribution < -0.4 is 5.48 Å². The van der Waals surface area contributed by atoms with Crippen molar-refractivity contribution in [2.24, 2.45) is 10.8 Å². The fourth-order valence-electron chi connectivity index (χ4n) is 5.78. The molecule has 1 N–H and O–H groups in total. The fourth-order valence-corrected chi connectivity index (χ4v) is 7.26. The molecule has 0 aliphatic rings. The van der Waals surface area contributed by atoms with Crippen LogP contribution in [0.25, 0.3) is 0 Å². The number of hydroxylamine groups is 1. The fraction of sp³-hybridized carbons (Fsp3) is 1.00. The lowest BCUT2D eigenvalue weighted by Gasteiger charge is -2.58. The number of nitrogens with one attached hydrogen (secondary N) is 1. The van der Waals surface area contributed by atoms with E-state index in [4.69, 9.17) is 23.8 Å². The van der Waals surface area contributed by atoms with Gasteiger partial charge < -0.3 is 18.9 Å². The van der Waals surface area contributed by atoms with E-state index in [-0.39, 0.29) is 30.5 Å². The normalized spacial score (nSPS) is 21.0. The maximum atomic E-state index is 6.65. The molecule has 0 aliphatic carbocycles. The highest BCUT2D eigenvalue weighted by molar-refractivity contribution is 7.16. The zero-order valence-electron chi connectivity index (χ0n) is 21.5. The van der Waals surface area contributed by atoms with E-state index in [9.17, 15) is 0 Å². The number of methoxy groups -OCH3 is 4. The van der Waals surface area contributed by atoms with Gasteiger partial charge in [-0.2, -0.15) is 0 Å². The minimum atomic E-state index is -0.450. The first-order valence-corrected chi connectivity index (χ1v) is 13.4. The summed E-state index contributed by atoms with van der Waals surface area (Å²) in [7, 11) is 13.1. The summed E-state index contributed by atoms with van der Waals surface area (Å²) >= 11 is 0. The lowest BCUT2D eigenvalue weighted by Crippen LogP contribution is -2.69. The Morgan fingerprint density at radius 1 is 0.613 bits per heavy atom. The minimum Gasteiger partial charge on any atom is -0.381 e. The van der Waals surface area contributed by atoms with Gasteiger partial charge in [0.1, 0.15) is 6.10 Å². The highest BCUT2D eigenvalue weighted by Crippen LogP contribution is 2.52. The zero-order chi connectivity index (χ0) is 24.1. The molecule has 6 unspecified atom stereocenters. The summed E-state index contributed by atoms with van der Waals surface area (Å²) in [4.78, 5) is 6.65. The molecule has 0 aromatic rings. The summed E-state index contributed by atoms with van der Waals surface area (Å²) in [6, 6.07) is 0. The number of rotatable bonds is 19. The third-order valence-corrected chi connectivity index (χ3v) is 8.46. The van der Waals surface area contributed by atoms with E-state index in [1.807, 2.05) is 6.92 Å². The second-order valence-corrected chi connectivity index (χ2v) is 8.98. The molecule has 0 rings (SSSR count). The van der Waals surface area contributed by atoms with E-state index in [0.717, 1.165) is 38.0 Å². The predicted molar refractivity (Wildman–Crippen MR) is 137 cm³/mol. The van der Waals surface area contributed by atoms with Crippen LogP contribution in [0.3, 0.4) is 0 Å². The summed E-state index contributed by atoms with van der Waals surface area (Å²) < 4.78 is 24.6. The molecule has 0 amide bonds. The molecule has 0 aromatic carbocycles. The van der Waals surface area contributed by atoms with Gasteiger partial charge in [0.05, 0.1) is 35.2 Å². The molecule has 0 fully saturated rings. The Morgan fingerprint density at radius 3 is 1.06 bits per heavy atom. The van der Waals surface area contributed by atoms with Crippen LogP contribution in [0, 0.1) is 10.8 Å². The van der Waals surface area contributed by atoms with Gasteiger partial charge >= 0.3 is 0 Å². The topological polar surface area (TPSA) is 58.2 Å². The van der Waals surface area contributed by atoms with Crippen LogP contribution in [0.15, 0.2) is 0 Å². The van der Waals surface area contributed by atoms with Gasteiger partial charge in [0, 0.05) is 35.0 Å². The van der Waals surface area contributed by atoms with Crippen molar-refractivity contribution < 1.29 is 23.8 Å². The number of hydrogen-bond donors (Lipinski definition) is 1. The SMILES string of the molecule is CCNOC(C(CP)(C(CC)OC)C(CC)OC)C(CP)(C(CC)OC)C(CC)OC. The van der Waals surface area contributed by atoms with E-state index < -0.39 is 10.8 Å². The smallest absolute Gasteiger partial charge is 0.101 e. The Hall–Kier alpha value is 0.620. The molecule has 0 saturated carbocycles. The highest BCUT2D eigenvalue weighted by atomic mass is 31.0. The number of ether oxygens (including phenoxy) is 4. The van der Waals surface area contributed by atoms with E-state index in [2.05, 4.69) is 51.7 Å². The van der Waals surface area contributed by atoms with Gasteiger partial charge in [-0.3, -0.25) is 4.84 Å². The van der Waals surface area contributed by atoms with Crippen LogP contribution >= 0.6 is 18.5 Å². The first kappa shape index (κ1) is 31.6. The largest absolute Gasteiger partial charge is 0.381 e. The van der Waals surface area contributed by atoms with Gasteiger partial charge in [-0.15, -0.1) is 18.5 Å². The minimum absolute atomic E-state index is 0.0711. The van der Waals surface area contributed by atoms with Crippen molar-refractivity contribution in [1.29, 1.82) is 0 Å². The van der Waals surface area contributed by atoms with Crippen molar-refractivity contribution in [2.75, 3.05) is 47.3 Å². The molecule has 31 heavy (non-hydrogen) atoms. The molecule has 0 heterocycles. The molecular formula is C23H51NO5P2. The molecule has 6 atom stereocenters. The summed E-state index contributed by atoms with van der Waals surface area (Å²) in [6.45, 7) is 11.4. The Bertz CT molecular complexity index is 382. The average molecular weight is 484 g/mol. The van der Waals surface area contributed by atoms with Crippen LogP contribution in [0.2, 0.25) is 0 Å². The zero-order valence-corrected chi connectivity index (χ0v) is 23.8. The van der Waals surface area contributed by atoms with Gasteiger partial charge in [-0.1, -0.05) is 34.6 Å². The quantitative estimate of drug-likeness (QED) is 0.218. The number of hydrogen-bond acceptors (Lipinski definition) is 6. The molecule has 0 bridgehead atoms. The monoisotopic (exact) mass is 483 g/mol. The van der Waals surface area contributed by atoms with Crippen molar-refractivity contribution in [3.63, 3.8) is 0 Å². The van der Waals surface area contributed by atoms with Crippen molar-refractivity contribution in [1.82, 2.24) is 5.48 Å². The van der Waals surface area contributed by atoms with Crippen molar-refractivity contribution in [2.45, 2.75) is 90.8 Å². The molecule has 6 nitrogen and oxygen atoms in total. The summed E-state index contributed by atoms with van der Waals surface area (Å²) in [5.41, 5.74) is 2.30. The van der Waals surface area contributed by atoms with Crippen LogP contribution in [0.1, 0.15) is 60.3 Å². The third-order valence-electron chi connectivity index (χ3n) is 7.05. The molecule has 0 spiro atoms. The first-order valence-electron chi connectivity index (χ1n) is 11.8. The van der Waals surface area contributed by atoms with Crippen molar-refractivity contribution >= 4 is 18.5 Å². The van der Waals surface area contributed by atoms with Gasteiger partial charge in [0.15, 0.2) is 0 Å². The summed E-state index contributed by atoms with van der Waals surface area (Å²) in [5, 5.41) is 0. The van der Waals surface area contributed by atoms with Crippen LogP contribution in [0.4, 0.5) is 0 Å². The third kappa shape index (κ3) is 6.40. The second-order valence-electron chi connectivity index (χ2n) is 8.16. The molecule has 8 heteroatoms. The van der Waals surface area contributed by atoms with Gasteiger partial charge in [-0.05, 0) is 38.0 Å². The van der Waals surface area contributed by atoms with E-state index in [0.29, 0.717) is 6.54 Å². The maximum absolute atomic E-state index is 6.65. The molecule has 0 aliphatic heterocycles. The molecule has 0 radical (unpaired) electrons. The molecular weight excluding hydrogens is 432 g/mol. The highest BCUT2D eigenvalue weighted by Gasteiger charge is 2.62. The van der Waals surface area contributed by atoms with Crippen molar-refractivity contribution in [3.05, 3.63) is 0 Å². The Labute approximate surface area is 196 Å². The Balaban J connectivity index is 7.33. The lowest BCUT2D eigenvalue weighted by molar-refractivity contribution is -0.261. The van der Waals surface area contributed by atoms with E-state index in [1.165, 1.54) is 0 Å². The Morgan fingerprint density at radius 2 is 0.903 bits per heavy atom. The predicted octanol–water partition coefficient (Wildman–Crippen LogP) is 4.32. The van der Waals surface area contributed by atoms with Gasteiger partial charge in [0.2, 0.25) is 0 Å². The van der Waals surface area contributed by atoms with Crippen LogP contribution in [-0.4, -0.2) is 77.8 Å². The Kier molecular flexibility index (Phi) is 16.6. The van der Waals surface area contributed by atoms with E-state index in [1.54, 1.807) is 28.4 Å². The van der Waals surface area contributed by atoms with Crippen molar-refractivity contribution in [3.8, 4) is 0 Å². The maximum Gasteiger partial charge on any atom is 0.101 e. The van der Waals surface area contributed by atoms with Gasteiger partial charge in [0.25, 0.3) is 0 Å². The lowest BCUT2D eigenvalue weighted by atomic mass is 9.58. The second kappa shape index (κ2) is 16.3. The molecule has 0 aromatic heterocycles. The van der Waals surface area contributed by atoms with Crippen LogP contribution in [0.5, 0.6) is 0 Å². The van der Waals surface area contributed by atoms with Gasteiger partial charge in [-0.25, -0.2) is 5.48 Å². The standard InChI is InChI=1S/C23H51NO5P2/c1-10-17(25-6)22(15-30,18(11-2)26-7)21(29-24-14-5)23(16-31,19(12-3)27-8)20(13-4)28-9/h17-21,24H,10-16,30-31H2,1-9H3. The van der Waals surface area contributed by atoms with Crippen LogP contribution in [-0.2, 0) is 23.8 Å². The van der Waals surface area contributed by atoms with E-state index >= 15 is 0 Å². The average Bonchev–Trinajstić information content (AvgIpc) is 2.80. The summed E-state index contributed by atoms with van der Waals surface area (Å²) in [6.07, 6.45) is 4.32. The molecule has 0 saturated heterocycles.